The summed E-state index contributed by atoms with van der Waals surface area (Å²) in [5.41, 5.74) is 5.99. The number of carbonyl (C=O) groups excluding carboxylic acids is 1. The molecule has 2 aromatic carbocycles. The van der Waals surface area contributed by atoms with Crippen LogP contribution in [0.4, 0.5) is 14.9 Å². The van der Waals surface area contributed by atoms with E-state index in [0.717, 1.165) is 11.3 Å². The lowest BCUT2D eigenvalue weighted by Gasteiger charge is -2.36. The summed E-state index contributed by atoms with van der Waals surface area (Å²) in [7, 11) is -0.333. The molecule has 5 rings (SSSR count). The summed E-state index contributed by atoms with van der Waals surface area (Å²) >= 11 is 0. The van der Waals surface area contributed by atoms with E-state index in [0.29, 0.717) is 35.7 Å². The summed E-state index contributed by atoms with van der Waals surface area (Å²) in [4.78, 5) is 19.7. The molecule has 0 radical (unpaired) electrons. The molecule has 12 heteroatoms. The Morgan fingerprint density at radius 3 is 2.63 bits per heavy atom. The SMILES string of the molecule is COc1cc(-c2ccc(N3C[C@H](Cn4ccnn4)OC3=O)cc2F)ccc1C1=CC(CO[Si](C)(C)C(C)(C)C)ON1. The van der Waals surface area contributed by atoms with Gasteiger partial charge in [-0.3, -0.25) is 15.2 Å². The number of ether oxygens (including phenoxy) is 2. The van der Waals surface area contributed by atoms with Crippen LogP contribution in [0.2, 0.25) is 18.1 Å². The highest BCUT2D eigenvalue weighted by molar-refractivity contribution is 6.74. The number of cyclic esters (lactones) is 1. The van der Waals surface area contributed by atoms with E-state index in [1.807, 2.05) is 18.2 Å². The number of rotatable bonds is 9. The predicted molar refractivity (Wildman–Crippen MR) is 155 cm³/mol. The average molecular weight is 582 g/mol. The molecule has 1 amide bonds. The van der Waals surface area contributed by atoms with Gasteiger partial charge < -0.3 is 13.9 Å². The topological polar surface area (TPSA) is 100.0 Å². The van der Waals surface area contributed by atoms with Crippen LogP contribution < -0.4 is 15.1 Å². The molecule has 1 fully saturated rings. The maximum atomic E-state index is 15.4. The summed E-state index contributed by atoms with van der Waals surface area (Å²) in [6, 6.07) is 10.2. The molecular weight excluding hydrogens is 545 g/mol. The van der Waals surface area contributed by atoms with Crippen LogP contribution in [-0.4, -0.2) is 61.9 Å². The van der Waals surface area contributed by atoms with Gasteiger partial charge in [0.2, 0.25) is 0 Å². The van der Waals surface area contributed by atoms with Crippen molar-refractivity contribution in [2.24, 2.45) is 0 Å². The molecule has 3 heterocycles. The summed E-state index contributed by atoms with van der Waals surface area (Å²) in [5, 5.41) is 7.77. The predicted octanol–water partition coefficient (Wildman–Crippen LogP) is 5.38. The number of hydrogen-bond donors (Lipinski definition) is 1. The third-order valence-corrected chi connectivity index (χ3v) is 12.4. The van der Waals surface area contributed by atoms with Gasteiger partial charge in [0.25, 0.3) is 0 Å². The molecule has 2 atom stereocenters. The van der Waals surface area contributed by atoms with Crippen molar-refractivity contribution >= 4 is 25.8 Å². The normalized spacial score (nSPS) is 19.2. The quantitative estimate of drug-likeness (QED) is 0.336. The Labute approximate surface area is 240 Å². The standard InChI is InChI=1S/C29H36FN5O5Si/c1-29(2,3)41(5,6)38-18-21-15-26(32-40-21)24-9-7-19(13-27(24)37-4)23-10-8-20(14-25(23)30)35-17-22(39-28(35)36)16-34-12-11-31-33-34/h7-15,21-22,32H,16-18H2,1-6H3/t21?,22-/m0/s1. The van der Waals surface area contributed by atoms with Gasteiger partial charge in [0.1, 0.15) is 23.8 Å². The van der Waals surface area contributed by atoms with Crippen molar-refractivity contribution in [1.82, 2.24) is 20.5 Å². The van der Waals surface area contributed by atoms with Gasteiger partial charge in [0, 0.05) is 17.3 Å². The van der Waals surface area contributed by atoms with Gasteiger partial charge in [-0.2, -0.15) is 0 Å². The number of halogens is 1. The van der Waals surface area contributed by atoms with E-state index in [9.17, 15) is 4.79 Å². The van der Waals surface area contributed by atoms with E-state index in [2.05, 4.69) is 49.7 Å². The molecule has 218 valence electrons. The first-order chi connectivity index (χ1) is 19.4. The van der Waals surface area contributed by atoms with E-state index < -0.39 is 26.3 Å². The first kappa shape index (κ1) is 28.8. The second kappa shape index (κ2) is 11.3. The summed E-state index contributed by atoms with van der Waals surface area (Å²) in [6.07, 6.45) is 4.05. The molecule has 1 saturated heterocycles. The molecule has 0 saturated carbocycles. The second-order valence-electron chi connectivity index (χ2n) is 11.7. The minimum atomic E-state index is -1.91. The Kier molecular flexibility index (Phi) is 7.90. The van der Waals surface area contributed by atoms with Gasteiger partial charge in [-0.1, -0.05) is 32.1 Å². The Morgan fingerprint density at radius 1 is 1.17 bits per heavy atom. The zero-order valence-corrected chi connectivity index (χ0v) is 25.2. The van der Waals surface area contributed by atoms with Crippen molar-refractivity contribution in [3.05, 3.63) is 66.2 Å². The van der Waals surface area contributed by atoms with Gasteiger partial charge in [-0.25, -0.2) is 13.9 Å². The Bertz CT molecular complexity index is 1440. The highest BCUT2D eigenvalue weighted by Gasteiger charge is 2.38. The van der Waals surface area contributed by atoms with Crippen molar-refractivity contribution in [2.45, 2.75) is 57.7 Å². The summed E-state index contributed by atoms with van der Waals surface area (Å²) < 4.78 is 34.4. The molecule has 1 N–H and O–H groups in total. The third kappa shape index (κ3) is 6.14. The number of hydrogen-bond acceptors (Lipinski definition) is 8. The maximum absolute atomic E-state index is 15.4. The van der Waals surface area contributed by atoms with Crippen LogP contribution in [0.15, 0.2) is 54.9 Å². The Hall–Kier alpha value is -3.74. The smallest absolute Gasteiger partial charge is 0.414 e. The van der Waals surface area contributed by atoms with Gasteiger partial charge >= 0.3 is 6.09 Å². The van der Waals surface area contributed by atoms with Gasteiger partial charge in [0.05, 0.1) is 44.4 Å². The molecule has 1 aromatic heterocycles. The van der Waals surface area contributed by atoms with Crippen LogP contribution in [0.5, 0.6) is 5.75 Å². The van der Waals surface area contributed by atoms with Crippen molar-refractivity contribution in [2.75, 3.05) is 25.2 Å². The number of nitrogens with one attached hydrogen (secondary N) is 1. The van der Waals surface area contributed by atoms with Gasteiger partial charge in [0.15, 0.2) is 8.32 Å². The minimum absolute atomic E-state index is 0.108. The highest BCUT2D eigenvalue weighted by Crippen LogP contribution is 2.38. The fourth-order valence-electron chi connectivity index (χ4n) is 4.48. The number of nitrogens with zero attached hydrogens (tertiary/aromatic N) is 4. The van der Waals surface area contributed by atoms with E-state index in [-0.39, 0.29) is 17.7 Å². The number of hydroxylamine groups is 1. The molecule has 0 bridgehead atoms. The zero-order valence-electron chi connectivity index (χ0n) is 24.2. The minimum Gasteiger partial charge on any atom is -0.496 e. The molecule has 1 unspecified atom stereocenters. The van der Waals surface area contributed by atoms with E-state index in [1.165, 1.54) is 11.0 Å². The van der Waals surface area contributed by atoms with Crippen molar-refractivity contribution < 1.29 is 27.9 Å². The molecule has 3 aromatic rings. The number of benzene rings is 2. The largest absolute Gasteiger partial charge is 0.496 e. The van der Waals surface area contributed by atoms with Crippen molar-refractivity contribution in [3.8, 4) is 16.9 Å². The molecule has 2 aliphatic rings. The molecule has 10 nitrogen and oxygen atoms in total. The van der Waals surface area contributed by atoms with Crippen molar-refractivity contribution in [1.29, 1.82) is 0 Å². The second-order valence-corrected chi connectivity index (χ2v) is 16.5. The molecule has 0 aliphatic carbocycles. The number of amides is 1. The van der Waals surface area contributed by atoms with Gasteiger partial charge in [-0.05, 0) is 60.1 Å². The fraction of sp³-hybridized carbons (Fsp3) is 0.414. The van der Waals surface area contributed by atoms with Crippen LogP contribution in [0.3, 0.4) is 0 Å². The Morgan fingerprint density at radius 2 is 1.95 bits per heavy atom. The molecular formula is C29H36FN5O5Si. The van der Waals surface area contributed by atoms with E-state index in [1.54, 1.807) is 42.4 Å². The lowest BCUT2D eigenvalue weighted by Crippen LogP contribution is -2.42. The number of aromatic nitrogens is 3. The first-order valence-corrected chi connectivity index (χ1v) is 16.4. The monoisotopic (exact) mass is 581 g/mol. The third-order valence-electron chi connectivity index (χ3n) is 7.89. The lowest BCUT2D eigenvalue weighted by molar-refractivity contribution is 0.0203. The number of carbonyl (C=O) groups is 1. The number of methoxy groups -OCH3 is 1. The zero-order chi connectivity index (χ0) is 29.4. The number of anilines is 1. The van der Waals surface area contributed by atoms with Crippen LogP contribution in [-0.2, 0) is 20.5 Å². The van der Waals surface area contributed by atoms with E-state index >= 15 is 4.39 Å². The molecule has 2 aliphatic heterocycles. The van der Waals surface area contributed by atoms with Crippen LogP contribution >= 0.6 is 0 Å². The summed E-state index contributed by atoms with van der Waals surface area (Å²) in [5.74, 6) is 0.104. The maximum Gasteiger partial charge on any atom is 0.414 e. The fourth-order valence-corrected chi connectivity index (χ4v) is 5.49. The molecule has 41 heavy (non-hydrogen) atoms. The van der Waals surface area contributed by atoms with Crippen LogP contribution in [0.25, 0.3) is 16.8 Å². The lowest BCUT2D eigenvalue weighted by atomic mass is 10.0. The molecule has 0 spiro atoms. The average Bonchev–Trinajstić information content (AvgIpc) is 3.68. The summed E-state index contributed by atoms with van der Waals surface area (Å²) in [6.45, 7) is 12.1. The van der Waals surface area contributed by atoms with Crippen LogP contribution in [0, 0.1) is 5.82 Å². The highest BCUT2D eigenvalue weighted by atomic mass is 28.4. The Balaban J connectivity index is 1.29. The van der Waals surface area contributed by atoms with Crippen molar-refractivity contribution in [3.63, 3.8) is 0 Å². The van der Waals surface area contributed by atoms with Crippen LogP contribution in [0.1, 0.15) is 26.3 Å². The van der Waals surface area contributed by atoms with Gasteiger partial charge in [-0.15, -0.1) is 5.10 Å². The van der Waals surface area contributed by atoms with E-state index in [4.69, 9.17) is 18.7 Å². The first-order valence-electron chi connectivity index (χ1n) is 13.5.